The molecule has 0 aliphatic rings. The zero-order valence-corrected chi connectivity index (χ0v) is 8.67. The lowest BCUT2D eigenvalue weighted by atomic mass is 10.0. The van der Waals surface area contributed by atoms with Gasteiger partial charge < -0.3 is 0 Å². The van der Waals surface area contributed by atoms with E-state index >= 15 is 0 Å². The van der Waals surface area contributed by atoms with Crippen LogP contribution in [0.3, 0.4) is 0 Å². The van der Waals surface area contributed by atoms with Gasteiger partial charge in [-0.2, -0.15) is 25.3 Å². The molecule has 0 bridgehead atoms. The van der Waals surface area contributed by atoms with Gasteiger partial charge in [0.25, 0.3) is 0 Å². The Morgan fingerprint density at radius 1 is 0.917 bits per heavy atom. The maximum Gasteiger partial charge on any atom is 0.0157 e. The highest BCUT2D eigenvalue weighted by molar-refractivity contribution is 7.79. The second kappa shape index (κ2) is 4.24. The van der Waals surface area contributed by atoms with Gasteiger partial charge in [-0.1, -0.05) is 12.1 Å². The fraction of sp³-hybridized carbons (Fsp3) is 0.200. The largest absolute Gasteiger partial charge is 0.175 e. The van der Waals surface area contributed by atoms with E-state index in [-0.39, 0.29) is 0 Å². The Kier molecular flexibility index (Phi) is 3.53. The van der Waals surface area contributed by atoms with Crippen molar-refractivity contribution >= 4 is 25.3 Å². The molecule has 2 radical (unpaired) electrons. The molecule has 0 spiro atoms. The van der Waals surface area contributed by atoms with E-state index in [1.807, 2.05) is 12.1 Å². The average molecular weight is 196 g/mol. The molecule has 0 aliphatic carbocycles. The molecule has 0 fully saturated rings. The molecule has 0 heterocycles. The van der Waals surface area contributed by atoms with Crippen molar-refractivity contribution in [3.63, 3.8) is 0 Å². The van der Waals surface area contributed by atoms with Crippen molar-refractivity contribution in [2.45, 2.75) is 11.5 Å². The Hall–Kier alpha value is -0.0800. The summed E-state index contributed by atoms with van der Waals surface area (Å²) in [5, 5.41) is 0. The molecule has 0 saturated heterocycles. The van der Waals surface area contributed by atoms with Crippen molar-refractivity contribution in [2.24, 2.45) is 0 Å². The molecule has 64 valence electrons. The summed E-state index contributed by atoms with van der Waals surface area (Å²) in [6.07, 6.45) is 0. The molecule has 1 aromatic rings. The van der Waals surface area contributed by atoms with E-state index in [2.05, 4.69) is 39.1 Å². The summed E-state index contributed by atoms with van der Waals surface area (Å²) in [6, 6.07) is 4.06. The van der Waals surface area contributed by atoms with Crippen LogP contribution in [-0.4, -0.2) is 0 Å². The first kappa shape index (κ1) is 10.0. The van der Waals surface area contributed by atoms with Crippen LogP contribution in [0.2, 0.25) is 0 Å². The zero-order valence-electron chi connectivity index (χ0n) is 6.88. The quantitative estimate of drug-likeness (QED) is 0.668. The van der Waals surface area contributed by atoms with Crippen molar-refractivity contribution in [2.75, 3.05) is 0 Å². The van der Waals surface area contributed by atoms with Crippen molar-refractivity contribution < 1.29 is 0 Å². The van der Waals surface area contributed by atoms with Gasteiger partial charge in [-0.25, -0.2) is 0 Å². The molecular formula is C10H12S2. The lowest BCUT2D eigenvalue weighted by molar-refractivity contribution is 1.27. The van der Waals surface area contributed by atoms with Crippen LogP contribution in [0.4, 0.5) is 0 Å². The van der Waals surface area contributed by atoms with Gasteiger partial charge in [0.2, 0.25) is 0 Å². The summed E-state index contributed by atoms with van der Waals surface area (Å²) in [5.74, 6) is 1.47. The standard InChI is InChI=1S/C10H12S2/c1-7-3-9(5-11)10(6-12)4-8(7)2/h3-4,11-12H,1-2,5-6H2. The maximum atomic E-state index is 4.23. The lowest BCUT2D eigenvalue weighted by Gasteiger charge is -2.08. The molecule has 0 unspecified atom stereocenters. The number of benzene rings is 1. The molecule has 0 aromatic heterocycles. The highest BCUT2D eigenvalue weighted by Crippen LogP contribution is 2.19. The Labute approximate surface area is 85.2 Å². The van der Waals surface area contributed by atoms with Gasteiger partial charge in [-0.05, 0) is 36.1 Å². The number of rotatable bonds is 2. The summed E-state index contributed by atoms with van der Waals surface area (Å²) < 4.78 is 0. The highest BCUT2D eigenvalue weighted by Gasteiger charge is 2.01. The maximum absolute atomic E-state index is 4.23. The second-order valence-corrected chi connectivity index (χ2v) is 3.34. The first-order chi connectivity index (χ1) is 5.69. The molecule has 0 N–H and O–H groups in total. The van der Waals surface area contributed by atoms with Gasteiger partial charge >= 0.3 is 0 Å². The van der Waals surface area contributed by atoms with E-state index in [1.54, 1.807) is 0 Å². The molecule has 2 heteroatoms. The van der Waals surface area contributed by atoms with Crippen molar-refractivity contribution in [3.8, 4) is 0 Å². The molecular weight excluding hydrogens is 184 g/mol. The highest BCUT2D eigenvalue weighted by atomic mass is 32.1. The van der Waals surface area contributed by atoms with Crippen LogP contribution in [0.25, 0.3) is 0 Å². The fourth-order valence-electron chi connectivity index (χ4n) is 1.09. The smallest absolute Gasteiger partial charge is 0.0157 e. The van der Waals surface area contributed by atoms with E-state index in [0.29, 0.717) is 0 Å². The van der Waals surface area contributed by atoms with Crippen LogP contribution in [0.5, 0.6) is 0 Å². The monoisotopic (exact) mass is 196 g/mol. The molecule has 1 aromatic carbocycles. The first-order valence-electron chi connectivity index (χ1n) is 3.70. The zero-order chi connectivity index (χ0) is 9.14. The van der Waals surface area contributed by atoms with Crippen molar-refractivity contribution in [1.29, 1.82) is 0 Å². The Morgan fingerprint density at radius 2 is 1.25 bits per heavy atom. The predicted octanol–water partition coefficient (Wildman–Crippen LogP) is 2.91. The van der Waals surface area contributed by atoms with Crippen LogP contribution >= 0.6 is 25.3 Å². The van der Waals surface area contributed by atoms with Gasteiger partial charge in [-0.3, -0.25) is 0 Å². The number of hydrogen-bond acceptors (Lipinski definition) is 2. The van der Waals surface area contributed by atoms with Crippen molar-refractivity contribution in [1.82, 2.24) is 0 Å². The third-order valence-electron chi connectivity index (χ3n) is 1.86. The molecule has 0 amide bonds. The minimum atomic E-state index is 0.735. The Balaban J connectivity index is 3.19. The third-order valence-corrected chi connectivity index (χ3v) is 2.54. The molecule has 1 rings (SSSR count). The average Bonchev–Trinajstić information content (AvgIpc) is 2.09. The van der Waals surface area contributed by atoms with Crippen LogP contribution in [0, 0.1) is 13.8 Å². The Bertz CT molecular complexity index is 250. The minimum Gasteiger partial charge on any atom is -0.175 e. The number of thiol groups is 2. The third kappa shape index (κ3) is 1.99. The molecule has 12 heavy (non-hydrogen) atoms. The number of hydrogen-bond donors (Lipinski definition) is 2. The fourth-order valence-corrected chi connectivity index (χ4v) is 1.67. The summed E-state index contributed by atoms with van der Waals surface area (Å²) in [7, 11) is 0. The summed E-state index contributed by atoms with van der Waals surface area (Å²) in [5.41, 5.74) is 4.35. The lowest BCUT2D eigenvalue weighted by Crippen LogP contribution is -1.92. The topological polar surface area (TPSA) is 0 Å². The predicted molar refractivity (Wildman–Crippen MR) is 60.7 cm³/mol. The molecule has 0 aliphatic heterocycles. The molecule has 0 atom stereocenters. The summed E-state index contributed by atoms with van der Waals surface area (Å²) in [6.45, 7) is 7.77. The van der Waals surface area contributed by atoms with E-state index in [4.69, 9.17) is 0 Å². The summed E-state index contributed by atoms with van der Waals surface area (Å²) in [4.78, 5) is 0. The first-order valence-corrected chi connectivity index (χ1v) is 4.97. The summed E-state index contributed by atoms with van der Waals surface area (Å²) >= 11 is 8.47. The van der Waals surface area contributed by atoms with E-state index in [1.165, 1.54) is 11.1 Å². The van der Waals surface area contributed by atoms with Gasteiger partial charge in [0.05, 0.1) is 0 Å². The van der Waals surface area contributed by atoms with E-state index in [9.17, 15) is 0 Å². The Morgan fingerprint density at radius 3 is 1.50 bits per heavy atom. The SMILES string of the molecule is [CH2]c1cc(CS)c(CS)cc1[CH2]. The van der Waals surface area contributed by atoms with Crippen LogP contribution in [0.1, 0.15) is 22.3 Å². The van der Waals surface area contributed by atoms with Gasteiger partial charge in [0.15, 0.2) is 0 Å². The second-order valence-electron chi connectivity index (χ2n) is 2.71. The van der Waals surface area contributed by atoms with Gasteiger partial charge in [-0.15, -0.1) is 0 Å². The van der Waals surface area contributed by atoms with E-state index < -0.39 is 0 Å². The van der Waals surface area contributed by atoms with E-state index in [0.717, 1.165) is 22.6 Å². The van der Waals surface area contributed by atoms with Gasteiger partial charge in [0, 0.05) is 11.5 Å². The molecule has 0 saturated carbocycles. The van der Waals surface area contributed by atoms with Crippen LogP contribution < -0.4 is 0 Å². The minimum absolute atomic E-state index is 0.735. The molecule has 0 nitrogen and oxygen atoms in total. The van der Waals surface area contributed by atoms with Crippen LogP contribution in [0.15, 0.2) is 12.1 Å². The normalized spacial score (nSPS) is 10.3. The van der Waals surface area contributed by atoms with Crippen LogP contribution in [-0.2, 0) is 11.5 Å². The van der Waals surface area contributed by atoms with Crippen molar-refractivity contribution in [3.05, 3.63) is 48.2 Å². The van der Waals surface area contributed by atoms with Gasteiger partial charge in [0.1, 0.15) is 0 Å².